The molecule has 5 nitrogen and oxygen atoms in total. The largest absolute Gasteiger partial charge is 0.392 e. The van der Waals surface area contributed by atoms with Crippen LogP contribution in [0.25, 0.3) is 0 Å². The van der Waals surface area contributed by atoms with E-state index in [0.29, 0.717) is 25.9 Å². The summed E-state index contributed by atoms with van der Waals surface area (Å²) in [5.41, 5.74) is 1.52. The Balaban J connectivity index is 1.75. The Bertz CT molecular complexity index is 736. The van der Waals surface area contributed by atoms with Gasteiger partial charge in [0, 0.05) is 42.3 Å². The lowest BCUT2D eigenvalue weighted by molar-refractivity contribution is -0.226. The van der Waals surface area contributed by atoms with Gasteiger partial charge in [-0.3, -0.25) is 9.59 Å². The highest BCUT2D eigenvalue weighted by Crippen LogP contribution is 2.64. The van der Waals surface area contributed by atoms with E-state index in [-0.39, 0.29) is 34.7 Å². The summed E-state index contributed by atoms with van der Waals surface area (Å²) in [4.78, 5) is 25.9. The second-order valence-electron chi connectivity index (χ2n) is 8.50. The summed E-state index contributed by atoms with van der Waals surface area (Å²) >= 11 is 0. The molecule has 1 saturated heterocycles. The highest BCUT2D eigenvalue weighted by Gasteiger charge is 2.69. The zero-order valence-electron chi connectivity index (χ0n) is 14.7. The number of carbonyl (C=O) groups is 2. The van der Waals surface area contributed by atoms with E-state index in [9.17, 15) is 14.7 Å². The zero-order valence-corrected chi connectivity index (χ0v) is 14.7. The van der Waals surface area contributed by atoms with Crippen LogP contribution in [-0.2, 0) is 19.1 Å². The van der Waals surface area contributed by atoms with Gasteiger partial charge in [-0.05, 0) is 19.3 Å². The Labute approximate surface area is 147 Å². The molecule has 5 heteroatoms. The van der Waals surface area contributed by atoms with Crippen molar-refractivity contribution < 1.29 is 24.2 Å². The predicted molar refractivity (Wildman–Crippen MR) is 88.4 cm³/mol. The normalized spacial score (nSPS) is 50.8. The number of carbonyl (C=O) groups excluding carboxylic acids is 2. The second kappa shape index (κ2) is 4.90. The van der Waals surface area contributed by atoms with Crippen LogP contribution in [0.5, 0.6) is 0 Å². The number of ketones is 2. The first-order valence-electron chi connectivity index (χ1n) is 9.29. The van der Waals surface area contributed by atoms with Crippen molar-refractivity contribution in [3.05, 3.63) is 23.3 Å². The van der Waals surface area contributed by atoms with Gasteiger partial charge >= 0.3 is 0 Å². The van der Waals surface area contributed by atoms with E-state index in [1.807, 2.05) is 0 Å². The Hall–Kier alpha value is -1.30. The minimum Gasteiger partial charge on any atom is -0.392 e. The molecule has 25 heavy (non-hydrogen) atoms. The van der Waals surface area contributed by atoms with Crippen molar-refractivity contribution in [2.45, 2.75) is 44.5 Å². The van der Waals surface area contributed by atoms with Gasteiger partial charge in [-0.15, -0.1) is 0 Å². The van der Waals surface area contributed by atoms with Crippen molar-refractivity contribution in [3.63, 3.8) is 0 Å². The van der Waals surface area contributed by atoms with Crippen molar-refractivity contribution in [3.8, 4) is 0 Å². The predicted octanol–water partition coefficient (Wildman–Crippen LogP) is 1.80. The number of aliphatic hydroxyl groups excluding tert-OH is 1. The van der Waals surface area contributed by atoms with Gasteiger partial charge in [0.1, 0.15) is 5.78 Å². The number of hydrogen-bond donors (Lipinski definition) is 1. The summed E-state index contributed by atoms with van der Waals surface area (Å²) < 4.78 is 11.8. The van der Waals surface area contributed by atoms with Gasteiger partial charge in [0.2, 0.25) is 11.6 Å². The van der Waals surface area contributed by atoms with E-state index in [0.717, 1.165) is 17.6 Å². The first-order valence-corrected chi connectivity index (χ1v) is 9.29. The maximum absolute atomic E-state index is 13.6. The zero-order chi connectivity index (χ0) is 17.6. The third kappa shape index (κ3) is 1.70. The molecule has 1 heterocycles. The number of rotatable bonds is 1. The molecule has 0 spiro atoms. The van der Waals surface area contributed by atoms with Crippen molar-refractivity contribution >= 4 is 11.6 Å². The first-order chi connectivity index (χ1) is 11.9. The smallest absolute Gasteiger partial charge is 0.237 e. The van der Waals surface area contributed by atoms with Gasteiger partial charge in [-0.1, -0.05) is 24.6 Å². The minimum atomic E-state index is -1.23. The molecular weight excluding hydrogens is 320 g/mol. The van der Waals surface area contributed by atoms with Crippen molar-refractivity contribution in [2.75, 3.05) is 13.7 Å². The van der Waals surface area contributed by atoms with Crippen LogP contribution in [0, 0.1) is 29.1 Å². The molecule has 0 aromatic heterocycles. The fraction of sp³-hybridized carbons (Fsp3) is 0.700. The molecular formula is C20H24O5. The van der Waals surface area contributed by atoms with Gasteiger partial charge in [-0.25, -0.2) is 0 Å². The van der Waals surface area contributed by atoms with Crippen molar-refractivity contribution in [1.82, 2.24) is 0 Å². The van der Waals surface area contributed by atoms with Crippen LogP contribution < -0.4 is 0 Å². The molecule has 1 saturated carbocycles. The molecule has 4 aliphatic carbocycles. The third-order valence-electron chi connectivity index (χ3n) is 7.52. The standard InChI is InChI=1S/C20H24O5/c1-19-7-3-4-10-9-25-20(24-2,17(10)19)18(23)15-11-5-6-13(21)16(11)14(22)8-12(15)19/h3-4,10-11,14,16-17,22H,5-9H2,1-2H3/t10-,11-,14+,16+,17+,19+,20+/m0/s1. The lowest BCUT2D eigenvalue weighted by Gasteiger charge is -2.54. The number of fused-ring (bicyclic) bond motifs is 3. The number of hydrogen-bond acceptors (Lipinski definition) is 5. The van der Waals surface area contributed by atoms with Crippen LogP contribution in [0.3, 0.4) is 0 Å². The summed E-state index contributed by atoms with van der Waals surface area (Å²) in [5.74, 6) is -1.78. The highest BCUT2D eigenvalue weighted by atomic mass is 16.7. The van der Waals surface area contributed by atoms with Crippen LogP contribution in [0.2, 0.25) is 0 Å². The molecule has 7 atom stereocenters. The quantitative estimate of drug-likeness (QED) is 0.734. The molecule has 134 valence electrons. The minimum absolute atomic E-state index is 0.0675. The summed E-state index contributed by atoms with van der Waals surface area (Å²) in [6, 6.07) is 0. The third-order valence-corrected chi connectivity index (χ3v) is 7.52. The average molecular weight is 344 g/mol. The van der Waals surface area contributed by atoms with Gasteiger partial charge in [0.15, 0.2) is 0 Å². The SMILES string of the molecule is CO[C@]12OC[C@@H]3C=CC[C@](C)(C4=C(C1=O)[C@@H]1CCC(=O)[C@@H]1[C@H](O)C4)[C@@H]32. The highest BCUT2D eigenvalue weighted by molar-refractivity contribution is 6.05. The maximum atomic E-state index is 13.6. The number of Topliss-reactive ketones (excluding diaryl/α,β-unsaturated/α-hetero) is 2. The van der Waals surface area contributed by atoms with Crippen molar-refractivity contribution in [1.29, 1.82) is 0 Å². The summed E-state index contributed by atoms with van der Waals surface area (Å²) in [6.07, 6.45) is 5.96. The summed E-state index contributed by atoms with van der Waals surface area (Å²) in [7, 11) is 1.56. The molecule has 1 N–H and O–H groups in total. The van der Waals surface area contributed by atoms with Crippen LogP contribution in [0.15, 0.2) is 23.3 Å². The lowest BCUT2D eigenvalue weighted by atomic mass is 9.51. The van der Waals surface area contributed by atoms with E-state index >= 15 is 0 Å². The van der Waals surface area contributed by atoms with Gasteiger partial charge in [-0.2, -0.15) is 0 Å². The summed E-state index contributed by atoms with van der Waals surface area (Å²) in [5, 5.41) is 10.7. The number of aliphatic hydroxyl groups is 1. The Kier molecular flexibility index (Phi) is 3.12. The molecule has 0 unspecified atom stereocenters. The molecule has 2 fully saturated rings. The average Bonchev–Trinajstić information content (AvgIpc) is 3.17. The second-order valence-corrected chi connectivity index (χ2v) is 8.50. The van der Waals surface area contributed by atoms with E-state index in [1.54, 1.807) is 7.11 Å². The number of ether oxygens (including phenoxy) is 2. The van der Waals surface area contributed by atoms with E-state index < -0.39 is 17.8 Å². The first kappa shape index (κ1) is 15.9. The lowest BCUT2D eigenvalue weighted by Crippen LogP contribution is -2.60. The van der Waals surface area contributed by atoms with Crippen molar-refractivity contribution in [2.24, 2.45) is 29.1 Å². The molecule has 5 aliphatic rings. The van der Waals surface area contributed by atoms with Gasteiger partial charge in [0.25, 0.3) is 0 Å². The van der Waals surface area contributed by atoms with E-state index in [2.05, 4.69) is 19.1 Å². The van der Waals surface area contributed by atoms with Crippen LogP contribution in [-0.4, -0.2) is 42.3 Å². The molecule has 5 rings (SSSR count). The Morgan fingerprint density at radius 1 is 1.36 bits per heavy atom. The van der Waals surface area contributed by atoms with Crippen LogP contribution in [0.4, 0.5) is 0 Å². The maximum Gasteiger partial charge on any atom is 0.237 e. The number of allylic oxidation sites excluding steroid dienone is 1. The fourth-order valence-electron chi connectivity index (χ4n) is 6.54. The molecule has 0 aromatic rings. The van der Waals surface area contributed by atoms with Crippen LogP contribution in [0.1, 0.15) is 32.6 Å². The molecule has 0 amide bonds. The molecule has 0 radical (unpaired) electrons. The van der Waals surface area contributed by atoms with Gasteiger partial charge in [0.05, 0.1) is 18.6 Å². The fourth-order valence-corrected chi connectivity index (χ4v) is 6.54. The Morgan fingerprint density at radius 3 is 2.92 bits per heavy atom. The van der Waals surface area contributed by atoms with E-state index in [4.69, 9.17) is 9.47 Å². The van der Waals surface area contributed by atoms with E-state index in [1.165, 1.54) is 0 Å². The molecule has 1 aliphatic heterocycles. The number of methoxy groups -OCH3 is 1. The Morgan fingerprint density at radius 2 is 2.16 bits per heavy atom. The molecule has 0 aromatic carbocycles. The monoisotopic (exact) mass is 344 g/mol. The van der Waals surface area contributed by atoms with Crippen LogP contribution >= 0.6 is 0 Å². The molecule has 0 bridgehead atoms. The summed E-state index contributed by atoms with van der Waals surface area (Å²) in [6.45, 7) is 2.66. The topological polar surface area (TPSA) is 72.8 Å². The van der Waals surface area contributed by atoms with Gasteiger partial charge < -0.3 is 14.6 Å².